The molecule has 2 saturated carbocycles. The van der Waals surface area contributed by atoms with E-state index in [9.17, 15) is 24.6 Å². The van der Waals surface area contributed by atoms with Crippen LogP contribution in [0, 0.1) is 45.3 Å². The zero-order chi connectivity index (χ0) is 31.4. The third-order valence-corrected chi connectivity index (χ3v) is 13.2. The van der Waals surface area contributed by atoms with E-state index in [2.05, 4.69) is 52.9 Å². The number of rotatable bonds is 9. The Morgan fingerprint density at radius 2 is 1.67 bits per heavy atom. The third kappa shape index (κ3) is 5.05. The Kier molecular flexibility index (Phi) is 8.90. The van der Waals surface area contributed by atoms with Crippen molar-refractivity contribution < 1.29 is 34.1 Å². The van der Waals surface area contributed by atoms with Gasteiger partial charge >= 0.3 is 17.9 Å². The van der Waals surface area contributed by atoms with Gasteiger partial charge in [-0.3, -0.25) is 14.4 Å². The number of methoxy groups -OCH3 is 1. The van der Waals surface area contributed by atoms with Gasteiger partial charge in [-0.15, -0.1) is 0 Å². The highest BCUT2D eigenvalue weighted by Crippen LogP contribution is 2.72. The largest absolute Gasteiger partial charge is 0.481 e. The molecule has 0 aromatic carbocycles. The fraction of sp³-hybridized carbons (Fsp3) is 0.800. The third-order valence-electron chi connectivity index (χ3n) is 13.2. The minimum absolute atomic E-state index is 0.0813. The highest BCUT2D eigenvalue weighted by atomic mass is 16.6. The molecule has 0 amide bonds. The lowest BCUT2D eigenvalue weighted by molar-refractivity contribution is -0.173. The number of hydrogen-bond acceptors (Lipinski definition) is 6. The maximum absolute atomic E-state index is 12.5. The molecule has 0 saturated heterocycles. The van der Waals surface area contributed by atoms with E-state index in [1.807, 2.05) is 0 Å². The molecule has 0 spiro atoms. The van der Waals surface area contributed by atoms with Crippen LogP contribution in [0.4, 0.5) is 0 Å². The smallest absolute Gasteiger partial charge is 0.317 e. The van der Waals surface area contributed by atoms with Gasteiger partial charge in [-0.1, -0.05) is 64.8 Å². The van der Waals surface area contributed by atoms with Gasteiger partial charge in [0.25, 0.3) is 0 Å². The number of aliphatic carboxylic acids is 1. The molecule has 4 aliphatic rings. The van der Waals surface area contributed by atoms with Crippen molar-refractivity contribution in [3.63, 3.8) is 0 Å². The summed E-state index contributed by atoms with van der Waals surface area (Å²) in [7, 11) is 1.27. The molecule has 0 radical (unpaired) electrons. The van der Waals surface area contributed by atoms with Gasteiger partial charge in [0, 0.05) is 10.8 Å². The van der Waals surface area contributed by atoms with Crippen LogP contribution in [0.3, 0.4) is 0 Å². The zero-order valence-corrected chi connectivity index (χ0v) is 27.2. The first kappa shape index (κ1) is 32.8. The molecule has 2 N–H and O–H groups in total. The van der Waals surface area contributed by atoms with E-state index in [-0.39, 0.29) is 34.2 Å². The van der Waals surface area contributed by atoms with Crippen LogP contribution < -0.4 is 0 Å². The van der Waals surface area contributed by atoms with Crippen LogP contribution in [0.15, 0.2) is 23.3 Å². The summed E-state index contributed by atoms with van der Waals surface area (Å²) in [5, 5.41) is 21.5. The molecule has 0 heterocycles. The first-order valence-electron chi connectivity index (χ1n) is 16.0. The minimum atomic E-state index is -0.823. The molecule has 0 aromatic rings. The standard InChI is InChI=1S/C35H54O7/c1-20(22(3)31(39)40)10-11-21(2)23-14-17-34(7)24-12-13-26-32(4,5)28(42-30(38)19-29(37)41-9)15-16-33(26,6)25(24)18-27(36)35(23,34)8/h21-23,26-28,36H,1,10-19H2,2-9H3,(H,39,40)/t21-,22+,23-,26+,27-,28-,33-,34+,35+/m1/s1. The first-order chi connectivity index (χ1) is 19.4. The molecular formula is C35H54O7. The van der Waals surface area contributed by atoms with Gasteiger partial charge in [-0.25, -0.2) is 0 Å². The van der Waals surface area contributed by atoms with Crippen LogP contribution in [0.2, 0.25) is 0 Å². The molecule has 236 valence electrons. The average molecular weight is 587 g/mol. The molecule has 0 bridgehead atoms. The summed E-state index contributed by atoms with van der Waals surface area (Å²) in [6.45, 7) is 19.6. The molecule has 4 aliphatic carbocycles. The van der Waals surface area contributed by atoms with Crippen molar-refractivity contribution in [1.29, 1.82) is 0 Å². The number of fused-ring (bicyclic) bond motifs is 4. The van der Waals surface area contributed by atoms with Crippen LogP contribution in [0.1, 0.15) is 113 Å². The number of hydrogen-bond donors (Lipinski definition) is 2. The normalized spacial score (nSPS) is 38.4. The maximum atomic E-state index is 12.5. The van der Waals surface area contributed by atoms with Crippen molar-refractivity contribution in [1.82, 2.24) is 0 Å². The number of ether oxygens (including phenoxy) is 2. The summed E-state index contributed by atoms with van der Waals surface area (Å²) in [4.78, 5) is 35.6. The Hall–Kier alpha value is -2.15. The lowest BCUT2D eigenvalue weighted by atomic mass is 9.42. The number of carboxylic acid groups (broad SMARTS) is 1. The molecule has 7 nitrogen and oxygen atoms in total. The lowest BCUT2D eigenvalue weighted by Crippen LogP contribution is -2.58. The Balaban J connectivity index is 1.58. The molecule has 9 atom stereocenters. The minimum Gasteiger partial charge on any atom is -0.481 e. The van der Waals surface area contributed by atoms with Crippen LogP contribution in [-0.4, -0.2) is 47.4 Å². The van der Waals surface area contributed by atoms with Crippen LogP contribution in [-0.2, 0) is 23.9 Å². The Labute approximate surface area is 252 Å². The van der Waals surface area contributed by atoms with Gasteiger partial charge in [-0.2, -0.15) is 0 Å². The number of esters is 2. The molecule has 42 heavy (non-hydrogen) atoms. The predicted octanol–water partition coefficient (Wildman–Crippen LogP) is 6.87. The number of aliphatic hydroxyl groups excluding tert-OH is 1. The van der Waals surface area contributed by atoms with Crippen molar-refractivity contribution in [2.45, 2.75) is 125 Å². The number of carbonyl (C=O) groups is 3. The Morgan fingerprint density at radius 1 is 1.00 bits per heavy atom. The van der Waals surface area contributed by atoms with Crippen molar-refractivity contribution in [2.24, 2.45) is 45.3 Å². The van der Waals surface area contributed by atoms with Crippen molar-refractivity contribution in [2.75, 3.05) is 7.11 Å². The number of carboxylic acids is 1. The van der Waals surface area contributed by atoms with Gasteiger partial charge in [0.15, 0.2) is 0 Å². The summed E-state index contributed by atoms with van der Waals surface area (Å²) in [5.74, 6) is -1.46. The van der Waals surface area contributed by atoms with Crippen molar-refractivity contribution in [3.05, 3.63) is 23.3 Å². The SMILES string of the molecule is C=C(CC[C@@H](C)[C@H]1CC[C@@]2(C)C3=C(C[C@@H](O)[C@]12C)[C@@]1(C)CC[C@@H](OC(=O)CC(=O)OC)C(C)(C)[C@@H]1CC3)[C@H](C)C(=O)O. The van der Waals surface area contributed by atoms with E-state index in [0.29, 0.717) is 30.6 Å². The molecule has 4 rings (SSSR count). The quantitative estimate of drug-likeness (QED) is 0.172. The fourth-order valence-electron chi connectivity index (χ4n) is 10.2. The topological polar surface area (TPSA) is 110 Å². The molecule has 0 aliphatic heterocycles. The second-order valence-electron chi connectivity index (χ2n) is 15.3. The van der Waals surface area contributed by atoms with E-state index in [0.717, 1.165) is 50.5 Å². The van der Waals surface area contributed by atoms with E-state index in [1.165, 1.54) is 12.7 Å². The first-order valence-corrected chi connectivity index (χ1v) is 16.0. The summed E-state index contributed by atoms with van der Waals surface area (Å²) in [5.41, 5.74) is 3.08. The summed E-state index contributed by atoms with van der Waals surface area (Å²) >= 11 is 0. The van der Waals surface area contributed by atoms with Crippen LogP contribution in [0.5, 0.6) is 0 Å². The van der Waals surface area contributed by atoms with Crippen molar-refractivity contribution in [3.8, 4) is 0 Å². The molecule has 0 aromatic heterocycles. The van der Waals surface area contributed by atoms with Crippen molar-refractivity contribution >= 4 is 17.9 Å². The highest BCUT2D eigenvalue weighted by Gasteiger charge is 2.66. The Bertz CT molecular complexity index is 1150. The van der Waals surface area contributed by atoms with Gasteiger partial charge in [-0.05, 0) is 93.3 Å². The lowest BCUT2D eigenvalue weighted by Gasteiger charge is -2.63. The van der Waals surface area contributed by atoms with Gasteiger partial charge < -0.3 is 19.7 Å². The summed E-state index contributed by atoms with van der Waals surface area (Å²) in [6, 6.07) is 0. The monoisotopic (exact) mass is 586 g/mol. The highest BCUT2D eigenvalue weighted by molar-refractivity contribution is 5.91. The van der Waals surface area contributed by atoms with Crippen LogP contribution in [0.25, 0.3) is 0 Å². The fourth-order valence-corrected chi connectivity index (χ4v) is 10.2. The molecule has 7 heteroatoms. The van der Waals surface area contributed by atoms with Crippen LogP contribution >= 0.6 is 0 Å². The maximum Gasteiger partial charge on any atom is 0.317 e. The predicted molar refractivity (Wildman–Crippen MR) is 161 cm³/mol. The second kappa shape index (κ2) is 11.4. The van der Waals surface area contributed by atoms with Gasteiger partial charge in [0.2, 0.25) is 0 Å². The Morgan fingerprint density at radius 3 is 2.29 bits per heavy atom. The number of aliphatic hydroxyl groups is 1. The van der Waals surface area contributed by atoms with E-state index in [1.54, 1.807) is 12.5 Å². The number of allylic oxidation sites excluding steroid dienone is 1. The average Bonchev–Trinajstić information content (AvgIpc) is 3.21. The number of carbonyl (C=O) groups excluding carboxylic acids is 2. The molecule has 0 unspecified atom stereocenters. The second-order valence-corrected chi connectivity index (χ2v) is 15.3. The molecule has 2 fully saturated rings. The van der Waals surface area contributed by atoms with Gasteiger partial charge in [0.05, 0.1) is 19.1 Å². The van der Waals surface area contributed by atoms with E-state index < -0.39 is 29.9 Å². The van der Waals surface area contributed by atoms with E-state index in [4.69, 9.17) is 4.74 Å². The summed E-state index contributed by atoms with van der Waals surface area (Å²) in [6.07, 6.45) is 6.93. The van der Waals surface area contributed by atoms with Gasteiger partial charge in [0.1, 0.15) is 12.5 Å². The van der Waals surface area contributed by atoms with E-state index >= 15 is 0 Å². The summed E-state index contributed by atoms with van der Waals surface area (Å²) < 4.78 is 10.6. The molecular weight excluding hydrogens is 532 g/mol. The zero-order valence-electron chi connectivity index (χ0n) is 27.2.